The molecule has 1 aromatic heterocycles. The van der Waals surface area contributed by atoms with E-state index >= 15 is 0 Å². The zero-order valence-electron chi connectivity index (χ0n) is 9.97. The number of benzene rings is 1. The van der Waals surface area contributed by atoms with E-state index in [0.717, 1.165) is 0 Å². The Morgan fingerprint density at radius 1 is 1.32 bits per heavy atom. The molecule has 0 atom stereocenters. The lowest BCUT2D eigenvalue weighted by Gasteiger charge is -2.09. The summed E-state index contributed by atoms with van der Waals surface area (Å²) < 4.78 is 5.30. The molecule has 0 saturated carbocycles. The van der Waals surface area contributed by atoms with Crippen LogP contribution in [0, 0.1) is 0 Å². The van der Waals surface area contributed by atoms with Crippen molar-refractivity contribution < 1.29 is 9.53 Å². The Kier molecular flexibility index (Phi) is 4.20. The number of anilines is 2. The van der Waals surface area contributed by atoms with Gasteiger partial charge in [-0.05, 0) is 24.3 Å². The van der Waals surface area contributed by atoms with Crippen LogP contribution in [0.15, 0.2) is 42.6 Å². The van der Waals surface area contributed by atoms with E-state index in [0.29, 0.717) is 22.3 Å². The third kappa shape index (κ3) is 3.59. The van der Waals surface area contributed by atoms with E-state index in [4.69, 9.17) is 22.1 Å². The van der Waals surface area contributed by atoms with Crippen LogP contribution in [-0.4, -0.2) is 17.5 Å². The molecule has 2 rings (SSSR count). The van der Waals surface area contributed by atoms with Crippen molar-refractivity contribution in [2.24, 2.45) is 0 Å². The number of nitrogens with zero attached hydrogens (tertiary/aromatic N) is 1. The molecule has 0 bridgehead atoms. The number of nitrogen functional groups attached to an aromatic ring is 1. The van der Waals surface area contributed by atoms with Gasteiger partial charge in [0.1, 0.15) is 5.75 Å². The van der Waals surface area contributed by atoms with E-state index in [-0.39, 0.29) is 12.5 Å². The number of rotatable bonds is 4. The third-order valence-corrected chi connectivity index (χ3v) is 2.60. The number of hydrogen-bond donors (Lipinski definition) is 2. The monoisotopic (exact) mass is 277 g/mol. The van der Waals surface area contributed by atoms with Crippen LogP contribution in [0.1, 0.15) is 0 Å². The van der Waals surface area contributed by atoms with Crippen LogP contribution < -0.4 is 15.8 Å². The van der Waals surface area contributed by atoms with Crippen molar-refractivity contribution >= 4 is 29.0 Å². The minimum Gasteiger partial charge on any atom is -0.482 e. The highest BCUT2D eigenvalue weighted by atomic mass is 35.5. The summed E-state index contributed by atoms with van der Waals surface area (Å²) in [5.74, 6) is 0.410. The minimum atomic E-state index is -0.358. The van der Waals surface area contributed by atoms with Gasteiger partial charge in [-0.15, -0.1) is 0 Å². The van der Waals surface area contributed by atoms with Gasteiger partial charge in [-0.25, -0.2) is 4.98 Å². The van der Waals surface area contributed by atoms with Gasteiger partial charge in [0.25, 0.3) is 5.91 Å². The summed E-state index contributed by atoms with van der Waals surface area (Å²) in [6.07, 6.45) is 1.54. The number of nitrogens with two attached hydrogens (primary N) is 1. The molecular weight excluding hydrogens is 266 g/mol. The van der Waals surface area contributed by atoms with Gasteiger partial charge in [0.05, 0.1) is 10.7 Å². The maximum atomic E-state index is 11.7. The van der Waals surface area contributed by atoms with Crippen LogP contribution in [-0.2, 0) is 4.79 Å². The average molecular weight is 278 g/mol. The fourth-order valence-electron chi connectivity index (χ4n) is 1.40. The van der Waals surface area contributed by atoms with Crippen LogP contribution in [0.3, 0.4) is 0 Å². The Morgan fingerprint density at radius 2 is 2.11 bits per heavy atom. The molecule has 1 heterocycles. The molecule has 0 aliphatic carbocycles. The zero-order chi connectivity index (χ0) is 13.7. The predicted molar refractivity (Wildman–Crippen MR) is 74.2 cm³/mol. The second-order valence-corrected chi connectivity index (χ2v) is 4.12. The quantitative estimate of drug-likeness (QED) is 0.841. The minimum absolute atomic E-state index is 0.166. The van der Waals surface area contributed by atoms with E-state index < -0.39 is 0 Å². The second-order valence-electron chi connectivity index (χ2n) is 3.71. The maximum absolute atomic E-state index is 11.7. The molecular formula is C13H12ClN3O2. The number of halogens is 1. The number of amides is 1. The molecule has 0 saturated heterocycles. The molecule has 5 nitrogen and oxygen atoms in total. The number of nitrogens with one attached hydrogen (secondary N) is 1. The average Bonchev–Trinajstić information content (AvgIpc) is 2.40. The van der Waals surface area contributed by atoms with Crippen LogP contribution in [0.2, 0.25) is 5.02 Å². The van der Waals surface area contributed by atoms with Crippen molar-refractivity contribution in [1.82, 2.24) is 4.98 Å². The van der Waals surface area contributed by atoms with E-state index in [1.165, 1.54) is 6.20 Å². The molecule has 0 aliphatic heterocycles. The maximum Gasteiger partial charge on any atom is 0.263 e. The summed E-state index contributed by atoms with van der Waals surface area (Å²) in [6.45, 7) is -0.166. The summed E-state index contributed by atoms with van der Waals surface area (Å²) in [6, 6.07) is 10.3. The predicted octanol–water partition coefficient (Wildman–Crippen LogP) is 2.33. The Balaban J connectivity index is 1.92. The van der Waals surface area contributed by atoms with Gasteiger partial charge in [-0.1, -0.05) is 23.7 Å². The molecule has 19 heavy (non-hydrogen) atoms. The number of hydrogen-bond acceptors (Lipinski definition) is 4. The van der Waals surface area contributed by atoms with Gasteiger partial charge in [-0.3, -0.25) is 4.79 Å². The molecule has 0 aliphatic rings. The molecule has 6 heteroatoms. The Morgan fingerprint density at radius 3 is 2.84 bits per heavy atom. The van der Waals surface area contributed by atoms with Crippen molar-refractivity contribution in [3.63, 3.8) is 0 Å². The van der Waals surface area contributed by atoms with Crippen molar-refractivity contribution in [3.8, 4) is 5.75 Å². The summed E-state index contributed by atoms with van der Waals surface area (Å²) in [4.78, 5) is 15.6. The normalized spacial score (nSPS) is 9.95. The van der Waals surface area contributed by atoms with Crippen molar-refractivity contribution in [2.45, 2.75) is 0 Å². The molecule has 2 aromatic rings. The molecule has 0 spiro atoms. The van der Waals surface area contributed by atoms with E-state index in [1.807, 2.05) is 0 Å². The second kappa shape index (κ2) is 6.06. The Bertz CT molecular complexity index is 590. The van der Waals surface area contributed by atoms with Gasteiger partial charge in [0.15, 0.2) is 12.4 Å². The largest absolute Gasteiger partial charge is 0.482 e. The van der Waals surface area contributed by atoms with E-state index in [2.05, 4.69) is 10.3 Å². The molecule has 3 N–H and O–H groups in total. The standard InChI is InChI=1S/C13H12ClN3O2/c14-9-4-3-7-16-13(9)17-12(18)8-19-11-6-2-1-5-10(11)15/h1-7H,8,15H2,(H,16,17,18). The van der Waals surface area contributed by atoms with Gasteiger partial charge < -0.3 is 15.8 Å². The summed E-state index contributed by atoms with van der Waals surface area (Å²) in [5, 5.41) is 2.92. The molecule has 0 fully saturated rings. The van der Waals surface area contributed by atoms with Crippen LogP contribution in [0.25, 0.3) is 0 Å². The first kappa shape index (κ1) is 13.2. The zero-order valence-corrected chi connectivity index (χ0v) is 10.7. The fourth-order valence-corrected chi connectivity index (χ4v) is 1.57. The Hall–Kier alpha value is -2.27. The van der Waals surface area contributed by atoms with Gasteiger partial charge in [0, 0.05) is 6.20 Å². The number of carbonyl (C=O) groups excluding carboxylic acids is 1. The lowest BCUT2D eigenvalue weighted by Crippen LogP contribution is -2.21. The van der Waals surface area contributed by atoms with Crippen LogP contribution in [0.5, 0.6) is 5.75 Å². The highest BCUT2D eigenvalue weighted by Crippen LogP contribution is 2.20. The van der Waals surface area contributed by atoms with Gasteiger partial charge >= 0.3 is 0 Å². The molecule has 1 aromatic carbocycles. The summed E-state index contributed by atoms with van der Waals surface area (Å²) in [7, 11) is 0. The lowest BCUT2D eigenvalue weighted by molar-refractivity contribution is -0.118. The SMILES string of the molecule is Nc1ccccc1OCC(=O)Nc1ncccc1Cl. The smallest absolute Gasteiger partial charge is 0.263 e. The molecule has 0 unspecified atom stereocenters. The fraction of sp³-hybridized carbons (Fsp3) is 0.0769. The number of aromatic nitrogens is 1. The first-order chi connectivity index (χ1) is 9.16. The van der Waals surface area contributed by atoms with Gasteiger partial charge in [-0.2, -0.15) is 0 Å². The topological polar surface area (TPSA) is 77.2 Å². The first-order valence-corrected chi connectivity index (χ1v) is 5.92. The molecule has 98 valence electrons. The number of carbonyl (C=O) groups is 1. The van der Waals surface area contributed by atoms with Crippen LogP contribution in [0.4, 0.5) is 11.5 Å². The first-order valence-electron chi connectivity index (χ1n) is 5.54. The van der Waals surface area contributed by atoms with Gasteiger partial charge in [0.2, 0.25) is 0 Å². The highest BCUT2D eigenvalue weighted by Gasteiger charge is 2.08. The Labute approximate surface area is 115 Å². The van der Waals surface area contributed by atoms with E-state index in [9.17, 15) is 4.79 Å². The van der Waals surface area contributed by atoms with Crippen molar-refractivity contribution in [1.29, 1.82) is 0 Å². The van der Waals surface area contributed by atoms with Crippen molar-refractivity contribution in [2.75, 3.05) is 17.7 Å². The van der Waals surface area contributed by atoms with Crippen LogP contribution >= 0.6 is 11.6 Å². The van der Waals surface area contributed by atoms with Crippen molar-refractivity contribution in [3.05, 3.63) is 47.6 Å². The third-order valence-electron chi connectivity index (χ3n) is 2.29. The highest BCUT2D eigenvalue weighted by molar-refractivity contribution is 6.33. The lowest BCUT2D eigenvalue weighted by atomic mass is 10.3. The van der Waals surface area contributed by atoms with E-state index in [1.54, 1.807) is 36.4 Å². The summed E-state index contributed by atoms with van der Waals surface area (Å²) >= 11 is 5.87. The summed E-state index contributed by atoms with van der Waals surface area (Å²) in [5.41, 5.74) is 6.17. The molecule has 0 radical (unpaired) electrons. The number of para-hydroxylation sites is 2. The number of ether oxygens (including phenoxy) is 1. The number of pyridine rings is 1. The molecule has 1 amide bonds.